The number of hydrogen-bond acceptors (Lipinski definition) is 15. The molecule has 0 heterocycles. The lowest BCUT2D eigenvalue weighted by atomic mass is 9.99. The fourth-order valence-corrected chi connectivity index (χ4v) is 11.5. The van der Waals surface area contributed by atoms with Crippen molar-refractivity contribution in [2.75, 3.05) is 39.6 Å². The smallest absolute Gasteiger partial charge is 0.462 e. The molecule has 0 aromatic carbocycles. The van der Waals surface area contributed by atoms with Crippen molar-refractivity contribution < 1.29 is 80.2 Å². The van der Waals surface area contributed by atoms with Crippen LogP contribution in [0.15, 0.2) is 0 Å². The van der Waals surface area contributed by atoms with E-state index in [4.69, 9.17) is 37.0 Å². The molecular weight excluding hydrogens is 1140 g/mol. The predicted molar refractivity (Wildman–Crippen MR) is 344 cm³/mol. The van der Waals surface area contributed by atoms with Gasteiger partial charge in [0.25, 0.3) is 0 Å². The van der Waals surface area contributed by atoms with Crippen molar-refractivity contribution in [3.05, 3.63) is 0 Å². The van der Waals surface area contributed by atoms with Crippen LogP contribution in [0.25, 0.3) is 0 Å². The number of ether oxygens (including phenoxy) is 4. The molecule has 0 aliphatic rings. The number of carbonyl (C=O) groups is 4. The van der Waals surface area contributed by atoms with Gasteiger partial charge in [-0.1, -0.05) is 274 Å². The van der Waals surface area contributed by atoms with Gasteiger partial charge < -0.3 is 33.8 Å². The zero-order valence-corrected chi connectivity index (χ0v) is 57.7. The summed E-state index contributed by atoms with van der Waals surface area (Å²) in [5, 5.41) is 10.6. The van der Waals surface area contributed by atoms with Crippen LogP contribution in [-0.4, -0.2) is 96.7 Å². The monoisotopic (exact) mass is 1270 g/mol. The maximum atomic E-state index is 13.0. The van der Waals surface area contributed by atoms with Crippen LogP contribution in [0.4, 0.5) is 0 Å². The van der Waals surface area contributed by atoms with E-state index in [1.54, 1.807) is 0 Å². The summed E-state index contributed by atoms with van der Waals surface area (Å²) in [4.78, 5) is 72.4. The van der Waals surface area contributed by atoms with Gasteiger partial charge in [-0.3, -0.25) is 37.3 Å². The van der Waals surface area contributed by atoms with E-state index in [0.29, 0.717) is 37.5 Å². The summed E-state index contributed by atoms with van der Waals surface area (Å²) < 4.78 is 68.1. The number of aliphatic hydroxyl groups excluding tert-OH is 1. The molecule has 510 valence electrons. The molecule has 0 saturated carbocycles. The molecule has 7 atom stereocenters. The van der Waals surface area contributed by atoms with Crippen molar-refractivity contribution >= 4 is 39.5 Å². The molecule has 0 aromatic heterocycles. The molecule has 0 fully saturated rings. The Labute approximate surface area is 524 Å². The van der Waals surface area contributed by atoms with Gasteiger partial charge in [0.1, 0.15) is 19.3 Å². The second kappa shape index (κ2) is 57.0. The van der Waals surface area contributed by atoms with Crippen LogP contribution < -0.4 is 0 Å². The number of esters is 4. The van der Waals surface area contributed by atoms with E-state index < -0.39 is 97.5 Å². The number of aliphatic hydroxyl groups is 1. The fourth-order valence-electron chi connectivity index (χ4n) is 9.89. The van der Waals surface area contributed by atoms with Crippen molar-refractivity contribution in [3.8, 4) is 0 Å². The summed E-state index contributed by atoms with van der Waals surface area (Å²) in [5.41, 5.74) is 0. The fraction of sp³-hybridized carbons (Fsp3) is 0.940. The normalized spacial score (nSPS) is 15.0. The van der Waals surface area contributed by atoms with Crippen LogP contribution >= 0.6 is 15.6 Å². The number of rotatable bonds is 64. The molecule has 0 bridgehead atoms. The lowest BCUT2D eigenvalue weighted by Gasteiger charge is -2.21. The summed E-state index contributed by atoms with van der Waals surface area (Å²) in [6.07, 6.45) is 37.6. The maximum Gasteiger partial charge on any atom is 0.472 e. The van der Waals surface area contributed by atoms with Crippen LogP contribution in [0.5, 0.6) is 0 Å². The number of unbranched alkanes of at least 4 members (excludes halogenated alkanes) is 28. The number of hydrogen-bond donors (Lipinski definition) is 3. The highest BCUT2D eigenvalue weighted by molar-refractivity contribution is 7.47. The minimum absolute atomic E-state index is 0.102. The molecule has 0 aromatic rings. The third-order valence-corrected chi connectivity index (χ3v) is 17.9. The van der Waals surface area contributed by atoms with Gasteiger partial charge in [-0.05, 0) is 49.4 Å². The van der Waals surface area contributed by atoms with Gasteiger partial charge in [0.15, 0.2) is 12.2 Å². The highest BCUT2D eigenvalue weighted by Gasteiger charge is 2.30. The predicted octanol–water partition coefficient (Wildman–Crippen LogP) is 18.5. The molecule has 86 heavy (non-hydrogen) atoms. The summed E-state index contributed by atoms with van der Waals surface area (Å²) in [6.45, 7) is 14.0. The van der Waals surface area contributed by atoms with E-state index in [2.05, 4.69) is 55.4 Å². The molecule has 5 unspecified atom stereocenters. The highest BCUT2D eigenvalue weighted by atomic mass is 31.2. The first-order valence-electron chi connectivity index (χ1n) is 34.8. The Kier molecular flexibility index (Phi) is 55.7. The maximum absolute atomic E-state index is 13.0. The molecule has 0 rings (SSSR count). The van der Waals surface area contributed by atoms with Gasteiger partial charge in [0, 0.05) is 25.7 Å². The van der Waals surface area contributed by atoms with E-state index in [0.717, 1.165) is 108 Å². The summed E-state index contributed by atoms with van der Waals surface area (Å²) >= 11 is 0. The average molecular weight is 1270 g/mol. The lowest BCUT2D eigenvalue weighted by Crippen LogP contribution is -2.30. The Morgan fingerprint density at radius 3 is 0.826 bits per heavy atom. The first kappa shape index (κ1) is 84.1. The molecule has 0 aliphatic carbocycles. The van der Waals surface area contributed by atoms with E-state index in [1.165, 1.54) is 122 Å². The van der Waals surface area contributed by atoms with Gasteiger partial charge in [-0.2, -0.15) is 0 Å². The van der Waals surface area contributed by atoms with Gasteiger partial charge in [-0.15, -0.1) is 0 Å². The van der Waals surface area contributed by atoms with E-state index in [1.807, 2.05) is 0 Å². The molecule has 19 heteroatoms. The Morgan fingerprint density at radius 1 is 0.326 bits per heavy atom. The van der Waals surface area contributed by atoms with Gasteiger partial charge in [-0.25, -0.2) is 9.13 Å². The minimum atomic E-state index is -4.95. The zero-order valence-electron chi connectivity index (χ0n) is 55.9. The third-order valence-electron chi connectivity index (χ3n) is 16.0. The van der Waals surface area contributed by atoms with Crippen LogP contribution in [0, 0.1) is 23.7 Å². The van der Waals surface area contributed by atoms with Crippen molar-refractivity contribution in [2.45, 2.75) is 343 Å². The third kappa shape index (κ3) is 58.4. The quantitative estimate of drug-likeness (QED) is 0.0222. The Balaban J connectivity index is 5.26. The van der Waals surface area contributed by atoms with Crippen LogP contribution in [0.3, 0.4) is 0 Å². The van der Waals surface area contributed by atoms with Crippen molar-refractivity contribution in [3.63, 3.8) is 0 Å². The first-order valence-corrected chi connectivity index (χ1v) is 37.8. The summed E-state index contributed by atoms with van der Waals surface area (Å²) in [7, 11) is -9.90. The van der Waals surface area contributed by atoms with Gasteiger partial charge in [0.05, 0.1) is 26.4 Å². The van der Waals surface area contributed by atoms with Gasteiger partial charge in [0.2, 0.25) is 0 Å². The summed E-state index contributed by atoms with van der Waals surface area (Å²) in [5.74, 6) is 0.845. The van der Waals surface area contributed by atoms with Crippen molar-refractivity contribution in [1.29, 1.82) is 0 Å². The molecule has 3 N–H and O–H groups in total. The number of phosphoric ester groups is 2. The Bertz CT molecular complexity index is 1720. The lowest BCUT2D eigenvalue weighted by molar-refractivity contribution is -0.161. The topological polar surface area (TPSA) is 237 Å². The average Bonchev–Trinajstić information content (AvgIpc) is 3.69. The molecular formula is C67H130O17P2. The minimum Gasteiger partial charge on any atom is -0.462 e. The molecule has 0 radical (unpaired) electrons. The van der Waals surface area contributed by atoms with Crippen LogP contribution in [-0.2, 0) is 65.4 Å². The first-order chi connectivity index (χ1) is 41.2. The standard InChI is InChI=1S/C67H130O17P2/c1-9-59(7)45-37-29-21-13-11-12-14-24-33-41-49-66(71)83-62(53-77-64(69)47-39-31-23-16-15-22-30-38-46-60(8)10-2)55-81-85(73,74)79-51-61(68)52-80-86(75,76)82-56-63(84-67(72)50-42-34-26-18-20-28-36-44-58(5)6)54-78-65(70)48-40-32-25-17-19-27-35-43-57(3)4/h57-63,68H,9-56H2,1-8H3,(H,73,74)(H,75,76)/t59?,60?,61?,62-,63-/m1/s1. The second-order valence-corrected chi connectivity index (χ2v) is 28.6. The zero-order chi connectivity index (χ0) is 63.9. The van der Waals surface area contributed by atoms with Crippen LogP contribution in [0.1, 0.15) is 325 Å². The molecule has 17 nitrogen and oxygen atoms in total. The van der Waals surface area contributed by atoms with E-state index in [-0.39, 0.29) is 25.7 Å². The van der Waals surface area contributed by atoms with Crippen molar-refractivity contribution in [1.82, 2.24) is 0 Å². The number of carbonyl (C=O) groups excluding carboxylic acids is 4. The Hall–Kier alpha value is -1.94. The Morgan fingerprint density at radius 2 is 0.558 bits per heavy atom. The van der Waals surface area contributed by atoms with Gasteiger partial charge >= 0.3 is 39.5 Å². The second-order valence-electron chi connectivity index (χ2n) is 25.6. The SMILES string of the molecule is CCC(C)CCCCCCCCCCCCC(=O)O[C@H](COC(=O)CCCCCCCCCCC(C)CC)COP(=O)(O)OCC(O)COP(=O)(O)OC[C@@H](COC(=O)CCCCCCCCCC(C)C)OC(=O)CCCCCCCCCC(C)C. The van der Waals surface area contributed by atoms with Crippen molar-refractivity contribution in [2.24, 2.45) is 23.7 Å². The molecule has 0 amide bonds. The number of phosphoric acid groups is 2. The largest absolute Gasteiger partial charge is 0.472 e. The summed E-state index contributed by atoms with van der Waals surface area (Å²) in [6, 6.07) is 0. The van der Waals surface area contributed by atoms with E-state index >= 15 is 0 Å². The van der Waals surface area contributed by atoms with Crippen LogP contribution in [0.2, 0.25) is 0 Å². The molecule has 0 spiro atoms. The van der Waals surface area contributed by atoms with E-state index in [9.17, 15) is 43.2 Å². The molecule has 0 aliphatic heterocycles. The highest BCUT2D eigenvalue weighted by Crippen LogP contribution is 2.45. The molecule has 0 saturated heterocycles.